The third kappa shape index (κ3) is 3.72. The van der Waals surface area contributed by atoms with Crippen LogP contribution < -0.4 is 5.32 Å². The summed E-state index contributed by atoms with van der Waals surface area (Å²) in [5.74, 6) is -0.867. The van der Waals surface area contributed by atoms with Crippen molar-refractivity contribution < 1.29 is 9.18 Å². The molecule has 0 unspecified atom stereocenters. The Balaban J connectivity index is 1.80. The minimum absolute atomic E-state index is 0.0651. The maximum Gasteiger partial charge on any atom is 0.262 e. The van der Waals surface area contributed by atoms with Crippen molar-refractivity contribution in [3.05, 3.63) is 52.7 Å². The first-order valence-corrected chi connectivity index (χ1v) is 8.81. The van der Waals surface area contributed by atoms with E-state index in [9.17, 15) is 14.4 Å². The van der Waals surface area contributed by atoms with Crippen molar-refractivity contribution in [2.24, 2.45) is 0 Å². The number of nitrogens with one attached hydrogen (secondary N) is 1. The monoisotopic (exact) mass is 340 g/mol. The van der Waals surface area contributed by atoms with Crippen LogP contribution in [0.4, 0.5) is 4.39 Å². The van der Waals surface area contributed by atoms with E-state index in [-0.39, 0.29) is 17.2 Å². The van der Waals surface area contributed by atoms with Gasteiger partial charge in [-0.2, -0.15) is 5.26 Å². The number of halogens is 1. The van der Waals surface area contributed by atoms with Gasteiger partial charge in [0.1, 0.15) is 17.5 Å². The summed E-state index contributed by atoms with van der Waals surface area (Å²) in [6.45, 7) is 0. The van der Waals surface area contributed by atoms with Gasteiger partial charge in [-0.15, -0.1) is 11.3 Å². The van der Waals surface area contributed by atoms with Crippen molar-refractivity contribution in [1.82, 2.24) is 5.32 Å². The number of hydrogen-bond donors (Lipinski definition) is 1. The summed E-state index contributed by atoms with van der Waals surface area (Å²) < 4.78 is 14.3. The molecule has 0 atom stereocenters. The Morgan fingerprint density at radius 2 is 2.12 bits per heavy atom. The molecule has 122 valence electrons. The van der Waals surface area contributed by atoms with Crippen molar-refractivity contribution in [2.75, 3.05) is 0 Å². The molecule has 3 nitrogen and oxygen atoms in total. The quantitative estimate of drug-likeness (QED) is 0.657. The molecular formula is C19H17FN2OS. The summed E-state index contributed by atoms with van der Waals surface area (Å²) in [4.78, 5) is 13.2. The second-order valence-electron chi connectivity index (χ2n) is 5.84. The lowest BCUT2D eigenvalue weighted by Gasteiger charge is -2.11. The maximum atomic E-state index is 14.3. The lowest BCUT2D eigenvalue weighted by Crippen LogP contribution is -2.33. The highest BCUT2D eigenvalue weighted by Crippen LogP contribution is 2.27. The summed E-state index contributed by atoms with van der Waals surface area (Å²) >= 11 is 1.53. The average Bonchev–Trinajstić information content (AvgIpc) is 3.27. The van der Waals surface area contributed by atoms with Crippen LogP contribution in [0.25, 0.3) is 16.5 Å². The molecule has 1 N–H and O–H groups in total. The van der Waals surface area contributed by atoms with E-state index >= 15 is 0 Å². The summed E-state index contributed by atoms with van der Waals surface area (Å²) in [6.07, 6.45) is 5.38. The number of benzene rings is 1. The van der Waals surface area contributed by atoms with Crippen LogP contribution in [-0.4, -0.2) is 11.9 Å². The fourth-order valence-corrected chi connectivity index (χ4v) is 3.60. The van der Waals surface area contributed by atoms with E-state index in [1.807, 2.05) is 23.6 Å². The van der Waals surface area contributed by atoms with Crippen LogP contribution in [-0.2, 0) is 4.79 Å². The zero-order valence-electron chi connectivity index (χ0n) is 13.1. The zero-order valence-corrected chi connectivity index (χ0v) is 13.9. The van der Waals surface area contributed by atoms with Crippen LogP contribution in [0, 0.1) is 17.1 Å². The van der Waals surface area contributed by atoms with Gasteiger partial charge in [0, 0.05) is 16.5 Å². The molecule has 24 heavy (non-hydrogen) atoms. The van der Waals surface area contributed by atoms with E-state index in [2.05, 4.69) is 5.32 Å². The van der Waals surface area contributed by atoms with Gasteiger partial charge in [-0.1, -0.05) is 31.0 Å². The van der Waals surface area contributed by atoms with Crippen LogP contribution in [0.15, 0.2) is 41.3 Å². The number of thiophene rings is 1. The topological polar surface area (TPSA) is 52.9 Å². The van der Waals surface area contributed by atoms with Crippen LogP contribution in [0.3, 0.4) is 0 Å². The standard InChI is InChI=1S/C19H17FN2OS/c20-17-11-14(18-6-3-9-24-18)8-7-13(17)10-15(12-21)19(23)22-16-4-1-2-5-16/h3,6-11,16H,1-2,4-5H2,(H,22,23). The number of nitriles is 1. The number of nitrogens with zero attached hydrogens (tertiary/aromatic N) is 1. The molecule has 0 aliphatic heterocycles. The minimum atomic E-state index is -0.442. The molecule has 3 rings (SSSR count). The van der Waals surface area contributed by atoms with E-state index in [0.717, 1.165) is 36.1 Å². The zero-order chi connectivity index (χ0) is 16.9. The van der Waals surface area contributed by atoms with Gasteiger partial charge in [-0.25, -0.2) is 4.39 Å². The molecule has 1 heterocycles. The molecule has 1 aliphatic rings. The molecular weight excluding hydrogens is 323 g/mol. The minimum Gasteiger partial charge on any atom is -0.349 e. The molecule has 1 amide bonds. The van der Waals surface area contributed by atoms with Crippen molar-refractivity contribution in [1.29, 1.82) is 5.26 Å². The SMILES string of the molecule is N#CC(=Cc1ccc(-c2cccs2)cc1F)C(=O)NC1CCCC1. The summed E-state index contributed by atoms with van der Waals surface area (Å²) in [5.41, 5.74) is 0.965. The lowest BCUT2D eigenvalue weighted by atomic mass is 10.1. The van der Waals surface area contributed by atoms with Crippen LogP contribution in [0.2, 0.25) is 0 Å². The molecule has 5 heteroatoms. The van der Waals surface area contributed by atoms with Gasteiger partial charge in [0.25, 0.3) is 5.91 Å². The van der Waals surface area contributed by atoms with E-state index in [1.54, 1.807) is 12.1 Å². The van der Waals surface area contributed by atoms with E-state index in [4.69, 9.17) is 0 Å². The fraction of sp³-hybridized carbons (Fsp3) is 0.263. The Labute approximate surface area is 144 Å². The largest absolute Gasteiger partial charge is 0.349 e. The number of rotatable bonds is 4. The molecule has 1 aromatic carbocycles. The molecule has 1 aromatic heterocycles. The normalized spacial score (nSPS) is 15.2. The third-order valence-corrected chi connectivity index (χ3v) is 5.08. The van der Waals surface area contributed by atoms with Crippen molar-refractivity contribution >= 4 is 23.3 Å². The molecule has 2 aromatic rings. The summed E-state index contributed by atoms with van der Waals surface area (Å²) in [5, 5.41) is 14.0. The second-order valence-corrected chi connectivity index (χ2v) is 6.79. The van der Waals surface area contributed by atoms with E-state index < -0.39 is 11.7 Å². The fourth-order valence-electron chi connectivity index (χ4n) is 2.88. The maximum absolute atomic E-state index is 14.3. The van der Waals surface area contributed by atoms with E-state index in [0.29, 0.717) is 0 Å². The first-order chi connectivity index (χ1) is 11.7. The van der Waals surface area contributed by atoms with Gasteiger partial charge in [0.15, 0.2) is 0 Å². The van der Waals surface area contributed by atoms with Gasteiger partial charge >= 0.3 is 0 Å². The second kappa shape index (κ2) is 7.41. The number of hydrogen-bond acceptors (Lipinski definition) is 3. The third-order valence-electron chi connectivity index (χ3n) is 4.16. The van der Waals surface area contributed by atoms with Crippen LogP contribution >= 0.6 is 11.3 Å². The van der Waals surface area contributed by atoms with Gasteiger partial charge in [-0.05, 0) is 42.0 Å². The number of amides is 1. The Kier molecular flexibility index (Phi) is 5.07. The Morgan fingerprint density at radius 3 is 2.75 bits per heavy atom. The van der Waals surface area contributed by atoms with Crippen LogP contribution in [0.1, 0.15) is 31.2 Å². The highest BCUT2D eigenvalue weighted by atomic mass is 32.1. The molecule has 1 fully saturated rings. The molecule has 0 radical (unpaired) electrons. The molecule has 1 saturated carbocycles. The number of carbonyl (C=O) groups excluding carboxylic acids is 1. The molecule has 0 saturated heterocycles. The lowest BCUT2D eigenvalue weighted by molar-refractivity contribution is -0.117. The van der Waals surface area contributed by atoms with Crippen molar-refractivity contribution in [3.8, 4) is 16.5 Å². The summed E-state index contributed by atoms with van der Waals surface area (Å²) in [7, 11) is 0. The van der Waals surface area contributed by atoms with Gasteiger partial charge in [0.2, 0.25) is 0 Å². The smallest absolute Gasteiger partial charge is 0.262 e. The first-order valence-electron chi connectivity index (χ1n) is 7.93. The van der Waals surface area contributed by atoms with Gasteiger partial charge in [-0.3, -0.25) is 4.79 Å². The van der Waals surface area contributed by atoms with Gasteiger partial charge in [0.05, 0.1) is 0 Å². The predicted octanol–water partition coefficient (Wildman–Crippen LogP) is 4.52. The molecule has 0 bridgehead atoms. The first kappa shape index (κ1) is 16.4. The molecule has 1 aliphatic carbocycles. The highest BCUT2D eigenvalue weighted by molar-refractivity contribution is 7.13. The van der Waals surface area contributed by atoms with Gasteiger partial charge < -0.3 is 5.32 Å². The highest BCUT2D eigenvalue weighted by Gasteiger charge is 2.19. The predicted molar refractivity (Wildman–Crippen MR) is 93.7 cm³/mol. The average molecular weight is 340 g/mol. The summed E-state index contributed by atoms with van der Waals surface area (Å²) in [6, 6.07) is 10.7. The Hall–Kier alpha value is -2.45. The molecule has 0 spiro atoms. The Bertz CT molecular complexity index is 799. The van der Waals surface area contributed by atoms with E-state index in [1.165, 1.54) is 23.5 Å². The van der Waals surface area contributed by atoms with Crippen LogP contribution in [0.5, 0.6) is 0 Å². The van der Waals surface area contributed by atoms with Crippen molar-refractivity contribution in [2.45, 2.75) is 31.7 Å². The van der Waals surface area contributed by atoms with Crippen molar-refractivity contribution in [3.63, 3.8) is 0 Å². The number of carbonyl (C=O) groups is 1. The Morgan fingerprint density at radius 1 is 1.33 bits per heavy atom.